The summed E-state index contributed by atoms with van der Waals surface area (Å²) in [5, 5.41) is 8.92. The van der Waals surface area contributed by atoms with Crippen molar-refractivity contribution in [2.24, 2.45) is 0 Å². The summed E-state index contributed by atoms with van der Waals surface area (Å²) >= 11 is 5.96. The van der Waals surface area contributed by atoms with Crippen molar-refractivity contribution < 1.29 is 9.53 Å². The Morgan fingerprint density at radius 2 is 1.81 bits per heavy atom. The maximum Gasteiger partial charge on any atom is 0.185 e. The van der Waals surface area contributed by atoms with E-state index in [1.54, 1.807) is 47.2 Å². The molecule has 1 aromatic heterocycles. The molecule has 0 aliphatic heterocycles. The van der Waals surface area contributed by atoms with Crippen LogP contribution in [0.3, 0.4) is 0 Å². The maximum atomic E-state index is 12.4. The molecule has 4 rings (SSSR count). The highest BCUT2D eigenvalue weighted by molar-refractivity contribution is 6.30. The molecule has 0 N–H and O–H groups in total. The van der Waals surface area contributed by atoms with Crippen molar-refractivity contribution >= 4 is 23.5 Å². The fraction of sp³-hybridized carbons (Fsp3) is 0.0800. The summed E-state index contributed by atoms with van der Waals surface area (Å²) in [4.78, 5) is 12.4. The van der Waals surface area contributed by atoms with Gasteiger partial charge in [0.25, 0.3) is 0 Å². The van der Waals surface area contributed by atoms with Crippen LogP contribution in [0.4, 0.5) is 0 Å². The number of rotatable bonds is 8. The molecule has 1 heterocycles. The number of allylic oxidation sites excluding steroid dienone is 1. The number of hydrogen-bond acceptors (Lipinski definition) is 4. The molecule has 0 bridgehead atoms. The van der Waals surface area contributed by atoms with Crippen LogP contribution in [0, 0.1) is 0 Å². The number of halogens is 1. The summed E-state index contributed by atoms with van der Waals surface area (Å²) in [6.07, 6.45) is 5.15. The van der Waals surface area contributed by atoms with Crippen LogP contribution >= 0.6 is 11.6 Å². The molecule has 0 radical (unpaired) electrons. The third kappa shape index (κ3) is 5.90. The number of carbonyl (C=O) groups is 1. The number of ketones is 1. The number of ether oxygens (including phenoxy) is 1. The molecule has 3 aromatic carbocycles. The first-order valence-corrected chi connectivity index (χ1v) is 10.2. The zero-order valence-electron chi connectivity index (χ0n) is 16.7. The summed E-state index contributed by atoms with van der Waals surface area (Å²) in [5.74, 6) is 0.573. The minimum Gasteiger partial charge on any atom is -0.487 e. The van der Waals surface area contributed by atoms with Gasteiger partial charge < -0.3 is 4.74 Å². The van der Waals surface area contributed by atoms with Crippen molar-refractivity contribution in [2.45, 2.75) is 13.2 Å². The van der Waals surface area contributed by atoms with Crippen LogP contribution in [0.5, 0.6) is 5.75 Å². The van der Waals surface area contributed by atoms with Crippen LogP contribution < -0.4 is 4.74 Å². The summed E-state index contributed by atoms with van der Waals surface area (Å²) in [7, 11) is 0. The van der Waals surface area contributed by atoms with E-state index in [9.17, 15) is 4.79 Å². The Kier molecular flexibility index (Phi) is 6.55. The van der Waals surface area contributed by atoms with Gasteiger partial charge in [-0.15, -0.1) is 5.10 Å². The highest BCUT2D eigenvalue weighted by Crippen LogP contribution is 2.16. The van der Waals surface area contributed by atoms with Crippen LogP contribution in [0.25, 0.3) is 6.08 Å². The van der Waals surface area contributed by atoms with E-state index in [0.29, 0.717) is 29.5 Å². The Morgan fingerprint density at radius 1 is 1.00 bits per heavy atom. The first kappa shape index (κ1) is 20.6. The van der Waals surface area contributed by atoms with Gasteiger partial charge in [0, 0.05) is 10.6 Å². The summed E-state index contributed by atoms with van der Waals surface area (Å²) in [6.45, 7) is 0.962. The van der Waals surface area contributed by atoms with Crippen molar-refractivity contribution in [1.82, 2.24) is 15.0 Å². The van der Waals surface area contributed by atoms with Gasteiger partial charge in [-0.25, -0.2) is 4.68 Å². The van der Waals surface area contributed by atoms with Crippen LogP contribution in [0.2, 0.25) is 5.02 Å². The average Bonchev–Trinajstić information content (AvgIpc) is 3.24. The van der Waals surface area contributed by atoms with Crippen molar-refractivity contribution in [3.63, 3.8) is 0 Å². The Labute approximate surface area is 185 Å². The number of nitrogens with zero attached hydrogens (tertiary/aromatic N) is 3. The number of carbonyl (C=O) groups excluding carboxylic acids is 1. The average molecular weight is 430 g/mol. The van der Waals surface area contributed by atoms with Crippen LogP contribution in [0.1, 0.15) is 27.2 Å². The second kappa shape index (κ2) is 9.87. The number of benzene rings is 3. The van der Waals surface area contributed by atoms with Crippen molar-refractivity contribution in [3.05, 3.63) is 119 Å². The van der Waals surface area contributed by atoms with Crippen LogP contribution in [0.15, 0.2) is 91.1 Å². The topological polar surface area (TPSA) is 57.0 Å². The predicted molar refractivity (Wildman–Crippen MR) is 121 cm³/mol. The Balaban J connectivity index is 1.31. The monoisotopic (exact) mass is 429 g/mol. The summed E-state index contributed by atoms with van der Waals surface area (Å²) in [5.41, 5.74) is 3.35. The fourth-order valence-electron chi connectivity index (χ4n) is 3.00. The molecule has 4 aromatic rings. The molecule has 154 valence electrons. The van der Waals surface area contributed by atoms with E-state index >= 15 is 0 Å². The lowest BCUT2D eigenvalue weighted by Gasteiger charge is -2.04. The molecule has 0 atom stereocenters. The van der Waals surface area contributed by atoms with Gasteiger partial charge in [0.15, 0.2) is 5.78 Å². The second-order valence-electron chi connectivity index (χ2n) is 6.96. The molecule has 0 spiro atoms. The smallest absolute Gasteiger partial charge is 0.185 e. The zero-order chi connectivity index (χ0) is 21.5. The summed E-state index contributed by atoms with van der Waals surface area (Å²) < 4.78 is 7.55. The van der Waals surface area contributed by atoms with Gasteiger partial charge in [0.05, 0.1) is 12.7 Å². The van der Waals surface area contributed by atoms with E-state index in [2.05, 4.69) is 10.3 Å². The van der Waals surface area contributed by atoms with Gasteiger partial charge in [-0.3, -0.25) is 4.79 Å². The van der Waals surface area contributed by atoms with E-state index in [1.165, 1.54) is 6.08 Å². The molecule has 31 heavy (non-hydrogen) atoms. The largest absolute Gasteiger partial charge is 0.487 e. The standard InChI is InChI=1S/C25H20ClN3O2/c26-22-8-4-7-19(15-22)9-14-25(30)21-10-12-24(13-11-21)31-18-23-17-29(28-27-23)16-20-5-2-1-3-6-20/h1-15,17H,16,18H2/b14-9+. The Morgan fingerprint density at radius 3 is 2.58 bits per heavy atom. The first-order valence-electron chi connectivity index (χ1n) is 9.79. The Bertz CT molecular complexity index is 1180. The van der Waals surface area contributed by atoms with Gasteiger partial charge in [-0.2, -0.15) is 0 Å². The molecule has 0 saturated heterocycles. The van der Waals surface area contributed by atoms with E-state index in [-0.39, 0.29) is 5.78 Å². The summed E-state index contributed by atoms with van der Waals surface area (Å²) in [6, 6.07) is 24.4. The number of aromatic nitrogens is 3. The van der Waals surface area contributed by atoms with E-state index < -0.39 is 0 Å². The molecule has 0 aliphatic rings. The van der Waals surface area contributed by atoms with Crippen molar-refractivity contribution in [3.8, 4) is 5.75 Å². The molecule has 0 amide bonds. The van der Waals surface area contributed by atoms with Crippen LogP contribution in [-0.4, -0.2) is 20.8 Å². The van der Waals surface area contributed by atoms with Gasteiger partial charge >= 0.3 is 0 Å². The fourth-order valence-corrected chi connectivity index (χ4v) is 3.20. The molecular formula is C25H20ClN3O2. The molecule has 0 fully saturated rings. The molecule has 0 saturated carbocycles. The van der Waals surface area contributed by atoms with Gasteiger partial charge in [-0.1, -0.05) is 65.4 Å². The van der Waals surface area contributed by atoms with E-state index in [1.807, 2.05) is 48.7 Å². The van der Waals surface area contributed by atoms with E-state index in [4.69, 9.17) is 16.3 Å². The maximum absolute atomic E-state index is 12.4. The van der Waals surface area contributed by atoms with Gasteiger partial charge in [0.2, 0.25) is 0 Å². The van der Waals surface area contributed by atoms with E-state index in [0.717, 1.165) is 16.8 Å². The first-order chi connectivity index (χ1) is 15.2. The Hall–Kier alpha value is -3.70. The highest BCUT2D eigenvalue weighted by Gasteiger charge is 2.05. The molecule has 6 heteroatoms. The quantitative estimate of drug-likeness (QED) is 0.276. The predicted octanol–water partition coefficient (Wildman–Crippen LogP) is 5.45. The van der Waals surface area contributed by atoms with Gasteiger partial charge in [-0.05, 0) is 53.6 Å². The minimum absolute atomic E-state index is 0.0876. The lowest BCUT2D eigenvalue weighted by molar-refractivity contribution is 0.104. The zero-order valence-corrected chi connectivity index (χ0v) is 17.4. The highest BCUT2D eigenvalue weighted by atomic mass is 35.5. The molecule has 0 unspecified atom stereocenters. The third-order valence-electron chi connectivity index (χ3n) is 4.57. The molecule has 5 nitrogen and oxygen atoms in total. The molecular weight excluding hydrogens is 410 g/mol. The third-order valence-corrected chi connectivity index (χ3v) is 4.81. The van der Waals surface area contributed by atoms with Crippen molar-refractivity contribution in [2.75, 3.05) is 0 Å². The molecule has 0 aliphatic carbocycles. The normalized spacial score (nSPS) is 11.0. The minimum atomic E-state index is -0.0876. The lowest BCUT2D eigenvalue weighted by Crippen LogP contribution is -2.00. The van der Waals surface area contributed by atoms with Crippen LogP contribution in [-0.2, 0) is 13.2 Å². The number of hydrogen-bond donors (Lipinski definition) is 0. The lowest BCUT2D eigenvalue weighted by atomic mass is 10.1. The second-order valence-corrected chi connectivity index (χ2v) is 7.40. The van der Waals surface area contributed by atoms with Crippen molar-refractivity contribution in [1.29, 1.82) is 0 Å². The SMILES string of the molecule is O=C(/C=C/c1cccc(Cl)c1)c1ccc(OCc2cn(Cc3ccccc3)nn2)cc1. The van der Waals surface area contributed by atoms with Gasteiger partial charge in [0.1, 0.15) is 18.1 Å².